The number of amides is 1. The molecule has 1 amide bonds. The van der Waals surface area contributed by atoms with Crippen LogP contribution in [0.4, 0.5) is 5.13 Å². The minimum absolute atomic E-state index is 0.128. The number of nitrogens with zero attached hydrogens (tertiary/aromatic N) is 1. The molecule has 23 heavy (non-hydrogen) atoms. The molecule has 0 atom stereocenters. The number of rotatable bonds is 6. The first-order valence-electron chi connectivity index (χ1n) is 7.07. The van der Waals surface area contributed by atoms with Crippen molar-refractivity contribution >= 4 is 28.3 Å². The Labute approximate surface area is 138 Å². The average molecular weight is 334 g/mol. The Morgan fingerprint density at radius 2 is 2.04 bits per heavy atom. The molecule has 2 rings (SSSR count). The lowest BCUT2D eigenvalue weighted by molar-refractivity contribution is -0.118. The number of para-hydroxylation sites is 1. The third kappa shape index (κ3) is 4.53. The Balaban J connectivity index is 1.93. The predicted molar refractivity (Wildman–Crippen MR) is 88.1 cm³/mol. The van der Waals surface area contributed by atoms with Crippen molar-refractivity contribution in [3.63, 3.8) is 0 Å². The van der Waals surface area contributed by atoms with Gasteiger partial charge >= 0.3 is 5.97 Å². The third-order valence-electron chi connectivity index (χ3n) is 3.04. The number of nitrogens with one attached hydrogen (secondary N) is 1. The van der Waals surface area contributed by atoms with Gasteiger partial charge in [-0.05, 0) is 17.5 Å². The Kier molecular flexibility index (Phi) is 5.70. The summed E-state index contributed by atoms with van der Waals surface area (Å²) in [6, 6.07) is 7.61. The molecule has 0 fully saturated rings. The normalized spacial score (nSPS) is 10.4. The zero-order valence-corrected chi connectivity index (χ0v) is 14.0. The average Bonchev–Trinajstić information content (AvgIpc) is 3.00. The summed E-state index contributed by atoms with van der Waals surface area (Å²) in [5, 5.41) is 2.93. The summed E-state index contributed by atoms with van der Waals surface area (Å²) < 4.78 is 10.2. The highest BCUT2D eigenvalue weighted by atomic mass is 32.1. The fraction of sp³-hybridized carbons (Fsp3) is 0.312. The fourth-order valence-corrected chi connectivity index (χ4v) is 2.67. The van der Waals surface area contributed by atoms with Gasteiger partial charge in [-0.1, -0.05) is 43.4 Å². The molecule has 7 heteroatoms. The second-order valence-corrected chi connectivity index (χ2v) is 6.08. The van der Waals surface area contributed by atoms with Gasteiger partial charge in [0.1, 0.15) is 10.6 Å². The van der Waals surface area contributed by atoms with E-state index in [1.165, 1.54) is 13.3 Å². The van der Waals surface area contributed by atoms with Crippen molar-refractivity contribution in [2.45, 2.75) is 19.8 Å². The smallest absolute Gasteiger partial charge is 0.349 e. The van der Waals surface area contributed by atoms with Crippen molar-refractivity contribution in [2.75, 3.05) is 19.0 Å². The summed E-state index contributed by atoms with van der Waals surface area (Å²) in [5.74, 6) is 0.169. The van der Waals surface area contributed by atoms with Crippen LogP contribution in [-0.4, -0.2) is 30.6 Å². The number of anilines is 1. The molecule has 0 aliphatic carbocycles. The highest BCUT2D eigenvalue weighted by Gasteiger charge is 2.13. The molecular formula is C16H18N2O4S. The molecule has 0 radical (unpaired) electrons. The summed E-state index contributed by atoms with van der Waals surface area (Å²) >= 11 is 1.05. The van der Waals surface area contributed by atoms with Crippen LogP contribution < -0.4 is 10.1 Å². The van der Waals surface area contributed by atoms with Gasteiger partial charge in [-0.3, -0.25) is 10.1 Å². The molecule has 1 aromatic carbocycles. The van der Waals surface area contributed by atoms with E-state index in [-0.39, 0.29) is 12.5 Å². The number of carbonyl (C=O) groups is 2. The molecule has 1 aromatic heterocycles. The van der Waals surface area contributed by atoms with E-state index in [1.807, 2.05) is 24.3 Å². The topological polar surface area (TPSA) is 77.5 Å². The first-order valence-corrected chi connectivity index (χ1v) is 7.88. The predicted octanol–water partition coefficient (Wildman–Crippen LogP) is 3.07. The second-order valence-electron chi connectivity index (χ2n) is 5.05. The number of ether oxygens (including phenoxy) is 2. The van der Waals surface area contributed by atoms with Crippen molar-refractivity contribution in [1.82, 2.24) is 4.98 Å². The third-order valence-corrected chi connectivity index (χ3v) is 3.93. The first-order chi connectivity index (χ1) is 11.0. The van der Waals surface area contributed by atoms with Gasteiger partial charge in [0.15, 0.2) is 11.7 Å². The van der Waals surface area contributed by atoms with Crippen LogP contribution in [0.3, 0.4) is 0 Å². The van der Waals surface area contributed by atoms with Crippen molar-refractivity contribution < 1.29 is 19.1 Å². The van der Waals surface area contributed by atoms with Gasteiger partial charge in [0, 0.05) is 0 Å². The van der Waals surface area contributed by atoms with E-state index in [2.05, 4.69) is 28.9 Å². The molecule has 0 saturated heterocycles. The van der Waals surface area contributed by atoms with Crippen molar-refractivity contribution in [1.29, 1.82) is 0 Å². The molecule has 0 bridgehead atoms. The van der Waals surface area contributed by atoms with E-state index in [0.29, 0.717) is 21.7 Å². The Morgan fingerprint density at radius 1 is 1.30 bits per heavy atom. The highest BCUT2D eigenvalue weighted by molar-refractivity contribution is 7.17. The summed E-state index contributed by atoms with van der Waals surface area (Å²) in [6.45, 7) is 4.00. The molecule has 122 valence electrons. The number of hydrogen-bond donors (Lipinski definition) is 1. The lowest BCUT2D eigenvalue weighted by atomic mass is 10.0. The second kappa shape index (κ2) is 7.73. The molecule has 0 unspecified atom stereocenters. The van der Waals surface area contributed by atoms with Crippen LogP contribution in [0.5, 0.6) is 5.75 Å². The molecule has 2 aromatic rings. The SMILES string of the molecule is COC(=O)c1cnc(NC(=O)COc2ccccc2C(C)C)s1. The number of hydrogen-bond acceptors (Lipinski definition) is 6. The molecule has 1 heterocycles. The van der Waals surface area contributed by atoms with Crippen LogP contribution in [0.15, 0.2) is 30.5 Å². The number of esters is 1. The maximum absolute atomic E-state index is 11.9. The maximum atomic E-state index is 11.9. The standard InChI is InChI=1S/C16H18N2O4S/c1-10(2)11-6-4-5-7-12(11)22-9-14(19)18-16-17-8-13(23-16)15(20)21-3/h4-8,10H,9H2,1-3H3,(H,17,18,19). The van der Waals surface area contributed by atoms with E-state index < -0.39 is 5.97 Å². The van der Waals surface area contributed by atoms with Crippen LogP contribution in [-0.2, 0) is 9.53 Å². The van der Waals surface area contributed by atoms with Gasteiger partial charge in [0.05, 0.1) is 13.3 Å². The van der Waals surface area contributed by atoms with Crippen LogP contribution in [0.1, 0.15) is 35.0 Å². The summed E-state index contributed by atoms with van der Waals surface area (Å²) in [4.78, 5) is 27.5. The quantitative estimate of drug-likeness (QED) is 0.822. The zero-order valence-electron chi connectivity index (χ0n) is 13.2. The van der Waals surface area contributed by atoms with Crippen LogP contribution in [0.2, 0.25) is 0 Å². The number of carbonyl (C=O) groups excluding carboxylic acids is 2. The molecule has 1 N–H and O–H groups in total. The van der Waals surface area contributed by atoms with E-state index in [4.69, 9.17) is 4.74 Å². The molecular weight excluding hydrogens is 316 g/mol. The number of methoxy groups -OCH3 is 1. The fourth-order valence-electron chi connectivity index (χ4n) is 1.91. The Bertz CT molecular complexity index is 697. The maximum Gasteiger partial charge on any atom is 0.349 e. The van der Waals surface area contributed by atoms with Crippen LogP contribution in [0.25, 0.3) is 0 Å². The van der Waals surface area contributed by atoms with E-state index in [9.17, 15) is 9.59 Å². The number of benzene rings is 1. The van der Waals surface area contributed by atoms with Gasteiger partial charge in [-0.25, -0.2) is 9.78 Å². The minimum atomic E-state index is -0.481. The largest absolute Gasteiger partial charge is 0.483 e. The zero-order chi connectivity index (χ0) is 16.8. The van der Waals surface area contributed by atoms with Crippen molar-refractivity contribution in [3.8, 4) is 5.75 Å². The number of thiazole rings is 1. The molecule has 6 nitrogen and oxygen atoms in total. The van der Waals surface area contributed by atoms with E-state index >= 15 is 0 Å². The van der Waals surface area contributed by atoms with Gasteiger partial charge in [-0.15, -0.1) is 0 Å². The molecule has 0 aliphatic heterocycles. The summed E-state index contributed by atoms with van der Waals surface area (Å²) in [6.07, 6.45) is 1.36. The van der Waals surface area contributed by atoms with Gasteiger partial charge in [-0.2, -0.15) is 0 Å². The van der Waals surface area contributed by atoms with E-state index in [0.717, 1.165) is 16.9 Å². The van der Waals surface area contributed by atoms with Crippen LogP contribution in [0, 0.1) is 0 Å². The van der Waals surface area contributed by atoms with E-state index in [1.54, 1.807) is 0 Å². The first kappa shape index (κ1) is 17.0. The number of aromatic nitrogens is 1. The highest BCUT2D eigenvalue weighted by Crippen LogP contribution is 2.26. The molecule has 0 spiro atoms. The van der Waals surface area contributed by atoms with Gasteiger partial charge in [0.25, 0.3) is 5.91 Å². The lowest BCUT2D eigenvalue weighted by Crippen LogP contribution is -2.20. The van der Waals surface area contributed by atoms with Crippen LogP contribution >= 0.6 is 11.3 Å². The van der Waals surface area contributed by atoms with Gasteiger partial charge in [0.2, 0.25) is 0 Å². The summed E-state index contributed by atoms with van der Waals surface area (Å²) in [7, 11) is 1.29. The lowest BCUT2D eigenvalue weighted by Gasteiger charge is -2.13. The monoisotopic (exact) mass is 334 g/mol. The Morgan fingerprint density at radius 3 is 2.74 bits per heavy atom. The molecule has 0 aliphatic rings. The van der Waals surface area contributed by atoms with Crippen molar-refractivity contribution in [3.05, 3.63) is 40.9 Å². The Hall–Kier alpha value is -2.41. The minimum Gasteiger partial charge on any atom is -0.483 e. The molecule has 0 saturated carbocycles. The van der Waals surface area contributed by atoms with Crippen molar-refractivity contribution in [2.24, 2.45) is 0 Å². The summed E-state index contributed by atoms with van der Waals surface area (Å²) in [5.41, 5.74) is 1.04. The van der Waals surface area contributed by atoms with Gasteiger partial charge < -0.3 is 9.47 Å².